The number of thiazole rings is 1. The minimum atomic E-state index is -0.518. The van der Waals surface area contributed by atoms with Crippen LogP contribution in [0.15, 0.2) is 53.5 Å². The molecule has 0 atom stereocenters. The Morgan fingerprint density at radius 3 is 2.61 bits per heavy atom. The molecule has 0 bridgehead atoms. The van der Waals surface area contributed by atoms with Crippen LogP contribution >= 0.6 is 11.3 Å². The van der Waals surface area contributed by atoms with Crippen LogP contribution in [0.2, 0.25) is 0 Å². The number of ether oxygens (including phenoxy) is 3. The second kappa shape index (κ2) is 11.7. The predicted octanol–water partition coefficient (Wildman–Crippen LogP) is 5.16. The van der Waals surface area contributed by atoms with E-state index in [1.165, 1.54) is 17.4 Å². The number of rotatable bonds is 10. The van der Waals surface area contributed by atoms with Crippen LogP contribution in [0.25, 0.3) is 6.08 Å². The van der Waals surface area contributed by atoms with Gasteiger partial charge in [-0.1, -0.05) is 18.2 Å². The summed E-state index contributed by atoms with van der Waals surface area (Å²) >= 11 is 1.28. The predicted molar refractivity (Wildman–Crippen MR) is 129 cm³/mol. The van der Waals surface area contributed by atoms with Crippen molar-refractivity contribution < 1.29 is 19.0 Å². The zero-order valence-electron chi connectivity index (χ0n) is 18.8. The maximum Gasteiger partial charge on any atom is 0.268 e. The number of benzene rings is 2. The number of carbonyl (C=O) groups excluding carboxylic acids is 1. The minimum absolute atomic E-state index is 0.0375. The van der Waals surface area contributed by atoms with Crippen LogP contribution in [-0.4, -0.2) is 31.2 Å². The molecule has 0 aliphatic rings. The lowest BCUT2D eigenvalue weighted by Gasteiger charge is -2.13. The third-order valence-corrected chi connectivity index (χ3v) is 5.35. The van der Waals surface area contributed by atoms with Crippen LogP contribution < -0.4 is 19.5 Å². The molecule has 1 aromatic heterocycles. The Balaban J connectivity index is 1.57. The molecule has 0 saturated carbocycles. The van der Waals surface area contributed by atoms with E-state index in [2.05, 4.69) is 16.4 Å². The Morgan fingerprint density at radius 1 is 1.12 bits per heavy atom. The summed E-state index contributed by atoms with van der Waals surface area (Å²) in [6.45, 7) is 5.04. The van der Waals surface area contributed by atoms with Gasteiger partial charge in [-0.05, 0) is 54.8 Å². The number of nitrogens with zero attached hydrogens (tertiary/aromatic N) is 2. The van der Waals surface area contributed by atoms with Gasteiger partial charge >= 0.3 is 0 Å². The van der Waals surface area contributed by atoms with E-state index < -0.39 is 5.91 Å². The third kappa shape index (κ3) is 6.82. The lowest BCUT2D eigenvalue weighted by atomic mass is 10.1. The van der Waals surface area contributed by atoms with Crippen LogP contribution in [0.4, 0.5) is 5.13 Å². The van der Waals surface area contributed by atoms with Gasteiger partial charge in [0.05, 0.1) is 20.3 Å². The van der Waals surface area contributed by atoms with Gasteiger partial charge < -0.3 is 14.2 Å². The number of anilines is 1. The van der Waals surface area contributed by atoms with E-state index in [1.54, 1.807) is 36.9 Å². The van der Waals surface area contributed by atoms with Crippen molar-refractivity contribution in [3.8, 4) is 23.3 Å². The van der Waals surface area contributed by atoms with Crippen LogP contribution in [-0.2, 0) is 4.79 Å². The SMILES string of the molecule is COc1cc(/C=C(/C#N)C(=O)Nc2nccs2)ccc1OCCCOc1cc(C)ccc1C. The molecule has 0 saturated heterocycles. The van der Waals surface area contributed by atoms with Crippen LogP contribution in [0.5, 0.6) is 17.2 Å². The monoisotopic (exact) mass is 463 g/mol. The van der Waals surface area contributed by atoms with E-state index in [9.17, 15) is 10.1 Å². The van der Waals surface area contributed by atoms with Crippen LogP contribution in [0.1, 0.15) is 23.1 Å². The second-order valence-electron chi connectivity index (χ2n) is 7.19. The molecule has 3 aromatic rings. The highest BCUT2D eigenvalue weighted by atomic mass is 32.1. The van der Waals surface area contributed by atoms with Gasteiger partial charge in [0.25, 0.3) is 5.91 Å². The molecule has 7 nitrogen and oxygen atoms in total. The Bertz CT molecular complexity index is 1170. The number of carbonyl (C=O) groups is 1. The first-order valence-corrected chi connectivity index (χ1v) is 11.2. The number of aromatic nitrogens is 1. The third-order valence-electron chi connectivity index (χ3n) is 4.66. The fourth-order valence-corrected chi connectivity index (χ4v) is 3.47. The average molecular weight is 464 g/mol. The fraction of sp³-hybridized carbons (Fsp3) is 0.240. The number of hydrogen-bond donors (Lipinski definition) is 1. The number of methoxy groups -OCH3 is 1. The van der Waals surface area contributed by atoms with Gasteiger partial charge in [0.2, 0.25) is 0 Å². The zero-order chi connectivity index (χ0) is 23.6. The minimum Gasteiger partial charge on any atom is -0.493 e. The van der Waals surface area contributed by atoms with Crippen LogP contribution in [0.3, 0.4) is 0 Å². The highest BCUT2D eigenvalue weighted by molar-refractivity contribution is 7.13. The highest BCUT2D eigenvalue weighted by Gasteiger charge is 2.12. The molecule has 1 amide bonds. The number of nitriles is 1. The van der Waals surface area contributed by atoms with Crippen molar-refractivity contribution >= 4 is 28.5 Å². The maximum absolute atomic E-state index is 12.3. The standard InChI is InChI=1S/C25H25N3O4S/c1-17-5-6-18(2)22(13-17)32-11-4-10-31-21-8-7-19(15-23(21)30-3)14-20(16-26)24(29)28-25-27-9-12-33-25/h5-9,12-15H,4,10-11H2,1-3H3,(H,27,28,29)/b20-14-. The highest BCUT2D eigenvalue weighted by Crippen LogP contribution is 2.29. The Labute approximate surface area is 197 Å². The van der Waals surface area contributed by atoms with Crippen molar-refractivity contribution in [2.24, 2.45) is 0 Å². The molecule has 2 aromatic carbocycles. The summed E-state index contributed by atoms with van der Waals surface area (Å²) in [5, 5.41) is 14.2. The summed E-state index contributed by atoms with van der Waals surface area (Å²) < 4.78 is 17.1. The Morgan fingerprint density at radius 2 is 1.91 bits per heavy atom. The lowest BCUT2D eigenvalue weighted by molar-refractivity contribution is -0.112. The number of nitrogens with one attached hydrogen (secondary N) is 1. The largest absolute Gasteiger partial charge is 0.493 e. The second-order valence-corrected chi connectivity index (χ2v) is 8.09. The molecule has 0 aliphatic carbocycles. The number of hydrogen-bond acceptors (Lipinski definition) is 7. The van der Waals surface area contributed by atoms with Gasteiger partial charge in [0, 0.05) is 18.0 Å². The topological polar surface area (TPSA) is 93.5 Å². The Kier molecular flexibility index (Phi) is 8.44. The van der Waals surface area contributed by atoms with Crippen LogP contribution in [0, 0.1) is 25.2 Å². The van der Waals surface area contributed by atoms with E-state index in [0.29, 0.717) is 41.8 Å². The smallest absolute Gasteiger partial charge is 0.268 e. The van der Waals surface area contributed by atoms with Crippen molar-refractivity contribution in [3.63, 3.8) is 0 Å². The molecule has 0 radical (unpaired) electrons. The summed E-state index contributed by atoms with van der Waals surface area (Å²) in [7, 11) is 1.54. The van der Waals surface area contributed by atoms with Gasteiger partial charge in [-0.25, -0.2) is 4.98 Å². The molecular formula is C25H25N3O4S. The molecule has 0 unspecified atom stereocenters. The molecular weight excluding hydrogens is 438 g/mol. The van der Waals surface area contributed by atoms with Gasteiger partial charge in [-0.3, -0.25) is 10.1 Å². The molecule has 1 N–H and O–H groups in total. The van der Waals surface area contributed by atoms with Crippen molar-refractivity contribution in [3.05, 3.63) is 70.2 Å². The first kappa shape index (κ1) is 23.8. The lowest BCUT2D eigenvalue weighted by Crippen LogP contribution is -2.13. The normalized spacial score (nSPS) is 10.9. The maximum atomic E-state index is 12.3. The fourth-order valence-electron chi connectivity index (χ4n) is 2.94. The Hall–Kier alpha value is -3.83. The molecule has 33 heavy (non-hydrogen) atoms. The molecule has 8 heteroatoms. The summed E-state index contributed by atoms with van der Waals surface area (Å²) in [5.74, 6) is 1.45. The van der Waals surface area contributed by atoms with Gasteiger partial charge in [0.15, 0.2) is 16.6 Å². The van der Waals surface area contributed by atoms with Gasteiger partial charge in [-0.15, -0.1) is 11.3 Å². The summed E-state index contributed by atoms with van der Waals surface area (Å²) in [6.07, 6.45) is 3.77. The summed E-state index contributed by atoms with van der Waals surface area (Å²) in [5.41, 5.74) is 2.86. The molecule has 0 aliphatic heterocycles. The molecule has 170 valence electrons. The van der Waals surface area contributed by atoms with E-state index in [0.717, 1.165) is 16.9 Å². The first-order chi connectivity index (χ1) is 16.0. The molecule has 0 fully saturated rings. The van der Waals surface area contributed by atoms with E-state index in [1.807, 2.05) is 32.0 Å². The van der Waals surface area contributed by atoms with Crippen molar-refractivity contribution in [2.45, 2.75) is 20.3 Å². The average Bonchev–Trinajstić information content (AvgIpc) is 3.32. The van der Waals surface area contributed by atoms with Gasteiger partial charge in [0.1, 0.15) is 17.4 Å². The van der Waals surface area contributed by atoms with E-state index in [4.69, 9.17) is 14.2 Å². The number of amides is 1. The number of aryl methyl sites for hydroxylation is 2. The molecule has 3 rings (SSSR count). The van der Waals surface area contributed by atoms with E-state index in [-0.39, 0.29) is 5.57 Å². The molecule has 1 heterocycles. The molecule has 0 spiro atoms. The summed E-state index contributed by atoms with van der Waals surface area (Å²) in [4.78, 5) is 16.3. The van der Waals surface area contributed by atoms with Crippen molar-refractivity contribution in [2.75, 3.05) is 25.6 Å². The van der Waals surface area contributed by atoms with Crippen molar-refractivity contribution in [1.29, 1.82) is 5.26 Å². The zero-order valence-corrected chi connectivity index (χ0v) is 19.6. The quantitative estimate of drug-likeness (QED) is 0.254. The van der Waals surface area contributed by atoms with E-state index >= 15 is 0 Å². The van der Waals surface area contributed by atoms with Gasteiger partial charge in [-0.2, -0.15) is 5.26 Å². The van der Waals surface area contributed by atoms with Crippen molar-refractivity contribution in [1.82, 2.24) is 4.98 Å². The summed E-state index contributed by atoms with van der Waals surface area (Å²) in [6, 6.07) is 13.3. The first-order valence-electron chi connectivity index (χ1n) is 10.3.